The van der Waals surface area contributed by atoms with Gasteiger partial charge in [0.2, 0.25) is 5.91 Å². The number of nitrogens with zero attached hydrogens (tertiary/aromatic N) is 2. The van der Waals surface area contributed by atoms with Gasteiger partial charge in [-0.3, -0.25) is 19.8 Å². The van der Waals surface area contributed by atoms with Gasteiger partial charge in [-0.15, -0.1) is 11.8 Å². The quantitative estimate of drug-likeness (QED) is 0.0639. The van der Waals surface area contributed by atoms with Gasteiger partial charge in [-0.2, -0.15) is 0 Å². The fourth-order valence-corrected chi connectivity index (χ4v) is 9.34. The largest absolute Gasteiger partial charge is 0.480 e. The molecule has 0 aromatic heterocycles. The minimum atomic E-state index is -0.963. The van der Waals surface area contributed by atoms with Crippen molar-refractivity contribution in [2.24, 2.45) is 4.99 Å². The van der Waals surface area contributed by atoms with Gasteiger partial charge in [-0.25, -0.2) is 10.0 Å². The molecule has 4 aromatic rings. The van der Waals surface area contributed by atoms with Gasteiger partial charge < -0.3 is 15.4 Å². The van der Waals surface area contributed by atoms with Gasteiger partial charge in [-0.1, -0.05) is 160 Å². The zero-order valence-electron chi connectivity index (χ0n) is 35.9. The molecule has 1 aliphatic heterocycles. The molecular weight excluding hydrogens is 884 g/mol. The van der Waals surface area contributed by atoms with E-state index in [1.165, 1.54) is 80.3 Å². The fraction of sp³-hybridized carbons (Fsp3) is 0.417. The number of rotatable bonds is 23. The number of ether oxygens (including phenoxy) is 1. The van der Waals surface area contributed by atoms with E-state index in [1.807, 2.05) is 57.2 Å². The topological polar surface area (TPSA) is 112 Å². The highest BCUT2D eigenvalue weighted by Crippen LogP contribution is 2.41. The number of para-hydroxylation sites is 1. The highest BCUT2D eigenvalue weighted by atomic mass is 35.5. The predicted molar refractivity (Wildman–Crippen MR) is 259 cm³/mol. The van der Waals surface area contributed by atoms with Crippen molar-refractivity contribution in [1.82, 2.24) is 10.7 Å². The van der Waals surface area contributed by atoms with Crippen molar-refractivity contribution in [2.75, 3.05) is 10.3 Å². The fourth-order valence-electron chi connectivity index (χ4n) is 7.11. The van der Waals surface area contributed by atoms with Crippen molar-refractivity contribution in [3.05, 3.63) is 110 Å². The molecule has 4 aromatic carbocycles. The summed E-state index contributed by atoms with van der Waals surface area (Å²) in [5.41, 5.74) is 7.01. The highest BCUT2D eigenvalue weighted by molar-refractivity contribution is 8.01. The van der Waals surface area contributed by atoms with Crippen molar-refractivity contribution in [2.45, 2.75) is 134 Å². The minimum Gasteiger partial charge on any atom is -0.480 e. The van der Waals surface area contributed by atoms with Crippen LogP contribution in [0.2, 0.25) is 20.1 Å². The van der Waals surface area contributed by atoms with Crippen LogP contribution in [0.1, 0.15) is 114 Å². The van der Waals surface area contributed by atoms with Crippen molar-refractivity contribution in [3.63, 3.8) is 0 Å². The smallest absolute Gasteiger partial charge is 0.267 e. The van der Waals surface area contributed by atoms with Crippen LogP contribution >= 0.6 is 58.2 Å². The van der Waals surface area contributed by atoms with Gasteiger partial charge in [0.25, 0.3) is 11.8 Å². The molecule has 0 spiro atoms. The molecule has 62 heavy (non-hydrogen) atoms. The van der Waals surface area contributed by atoms with E-state index in [1.54, 1.807) is 24.3 Å². The Kier molecular flexibility index (Phi) is 19.6. The molecule has 9 nitrogen and oxygen atoms in total. The van der Waals surface area contributed by atoms with E-state index < -0.39 is 17.3 Å². The number of halogens is 4. The summed E-state index contributed by atoms with van der Waals surface area (Å²) in [5, 5.41) is 7.28. The number of anilines is 2. The zero-order valence-corrected chi connectivity index (χ0v) is 39.8. The summed E-state index contributed by atoms with van der Waals surface area (Å²) in [4.78, 5) is 46.4. The number of benzene rings is 4. The number of amides is 3. The Morgan fingerprint density at radius 1 is 0.823 bits per heavy atom. The Bertz CT molecular complexity index is 2180. The molecule has 2 unspecified atom stereocenters. The lowest BCUT2D eigenvalue weighted by molar-refractivity contribution is -0.123. The number of hydrogen-bond donors (Lipinski definition) is 3. The van der Waals surface area contributed by atoms with Gasteiger partial charge in [0.05, 0.1) is 26.4 Å². The number of hydrogen-bond acceptors (Lipinski definition) is 6. The Balaban J connectivity index is 1.30. The maximum Gasteiger partial charge on any atom is 0.267 e. The van der Waals surface area contributed by atoms with Crippen LogP contribution < -0.4 is 25.8 Å². The maximum atomic E-state index is 14.4. The number of carbonyl (C=O) groups excluding carboxylic acids is 3. The number of unbranched alkanes of at least 4 members (excludes halogenated alkanes) is 10. The summed E-state index contributed by atoms with van der Waals surface area (Å²) in [6, 6.07) is 21.4. The molecule has 1 saturated heterocycles. The van der Waals surface area contributed by atoms with Crippen LogP contribution in [0.5, 0.6) is 5.75 Å². The van der Waals surface area contributed by atoms with Crippen LogP contribution in [0.15, 0.2) is 82.7 Å². The third-order valence-electron chi connectivity index (χ3n) is 10.5. The van der Waals surface area contributed by atoms with Crippen LogP contribution in [0.25, 0.3) is 0 Å². The molecule has 0 saturated carbocycles. The lowest BCUT2D eigenvalue weighted by Gasteiger charge is -2.20. The summed E-state index contributed by atoms with van der Waals surface area (Å²) in [6.07, 6.45) is 13.6. The highest BCUT2D eigenvalue weighted by Gasteiger charge is 2.41. The molecule has 2 atom stereocenters. The first-order valence-electron chi connectivity index (χ1n) is 21.6. The van der Waals surface area contributed by atoms with Crippen LogP contribution in [0.3, 0.4) is 0 Å². The third kappa shape index (κ3) is 14.3. The summed E-state index contributed by atoms with van der Waals surface area (Å²) in [6.45, 7) is 8.36. The monoisotopic (exact) mass is 939 g/mol. The Morgan fingerprint density at radius 2 is 1.48 bits per heavy atom. The van der Waals surface area contributed by atoms with Crippen molar-refractivity contribution >= 4 is 98.8 Å². The van der Waals surface area contributed by atoms with Gasteiger partial charge in [0.15, 0.2) is 6.10 Å². The van der Waals surface area contributed by atoms with Crippen molar-refractivity contribution in [3.8, 4) is 5.75 Å². The zero-order chi connectivity index (χ0) is 44.6. The predicted octanol–water partition coefficient (Wildman–Crippen LogP) is 13.8. The SMILES string of the molecule is CCCCCCCCCCCCCC(=O)NCc1ccc(Cl)c(N=C2NN(c3c(Cl)cc(Cl)cc3Cl)C(=O)C2Sc2ccccc2NC(=O)C(CC)Oc2ccc(C)cc2C)c1. The first-order valence-corrected chi connectivity index (χ1v) is 24.0. The number of hydrazine groups is 1. The summed E-state index contributed by atoms with van der Waals surface area (Å²) in [5.74, 6) is 0.109. The van der Waals surface area contributed by atoms with Crippen LogP contribution in [0.4, 0.5) is 17.1 Å². The van der Waals surface area contributed by atoms with E-state index in [4.69, 9.17) is 56.1 Å². The van der Waals surface area contributed by atoms with Gasteiger partial charge in [0.1, 0.15) is 22.5 Å². The molecule has 0 aliphatic carbocycles. The van der Waals surface area contributed by atoms with E-state index >= 15 is 0 Å². The summed E-state index contributed by atoms with van der Waals surface area (Å²) >= 11 is 27.4. The first-order chi connectivity index (χ1) is 29.9. The van der Waals surface area contributed by atoms with E-state index in [0.29, 0.717) is 44.9 Å². The summed E-state index contributed by atoms with van der Waals surface area (Å²) < 4.78 is 6.17. The third-order valence-corrected chi connectivity index (χ3v) is 12.9. The lowest BCUT2D eigenvalue weighted by Crippen LogP contribution is -2.36. The van der Waals surface area contributed by atoms with E-state index in [0.717, 1.165) is 36.0 Å². The Hall–Kier alpha value is -3.93. The number of thioether (sulfide) groups is 1. The maximum absolute atomic E-state index is 14.4. The van der Waals surface area contributed by atoms with E-state index in [2.05, 4.69) is 23.0 Å². The Labute approximate surface area is 391 Å². The second kappa shape index (κ2) is 24.8. The molecular formula is C48H57Cl4N5O4S. The normalized spacial score (nSPS) is 14.8. The summed E-state index contributed by atoms with van der Waals surface area (Å²) in [7, 11) is 0. The number of nitrogens with one attached hydrogen (secondary N) is 3. The molecule has 0 bridgehead atoms. The van der Waals surface area contributed by atoms with Crippen LogP contribution in [-0.2, 0) is 20.9 Å². The van der Waals surface area contributed by atoms with E-state index in [-0.39, 0.29) is 39.9 Å². The molecule has 3 N–H and O–H groups in total. The minimum absolute atomic E-state index is 0.0107. The first kappa shape index (κ1) is 49.1. The van der Waals surface area contributed by atoms with E-state index in [9.17, 15) is 14.4 Å². The second-order valence-electron chi connectivity index (χ2n) is 15.6. The van der Waals surface area contributed by atoms with Crippen molar-refractivity contribution < 1.29 is 19.1 Å². The van der Waals surface area contributed by atoms with Crippen molar-refractivity contribution in [1.29, 1.82) is 0 Å². The van der Waals surface area contributed by atoms with Crippen LogP contribution in [0, 0.1) is 13.8 Å². The molecule has 0 radical (unpaired) electrons. The average Bonchev–Trinajstić information content (AvgIpc) is 3.52. The molecule has 5 rings (SSSR count). The molecule has 14 heteroatoms. The second-order valence-corrected chi connectivity index (χ2v) is 18.4. The number of carbonyl (C=O) groups is 3. The lowest BCUT2D eigenvalue weighted by atomic mass is 10.1. The van der Waals surface area contributed by atoms with Gasteiger partial charge >= 0.3 is 0 Å². The molecule has 1 aliphatic rings. The molecule has 1 fully saturated rings. The standard InChI is InChI=1S/C48H57Cl4N5O4S/c1-5-7-8-9-10-11-12-13-14-15-16-21-43(58)53-30-33-23-24-35(50)39(27-33)54-46-45(48(60)57(56-46)44-36(51)28-34(49)29-37(44)52)62-42-20-18-17-19-38(42)55-47(59)40(6-2)61-41-25-22-31(3)26-32(41)4/h17-20,22-29,40,45H,5-16,21,30H2,1-4H3,(H,53,58)(H,54,56)(H,55,59). The Morgan fingerprint density at radius 3 is 2.15 bits per heavy atom. The van der Waals surface area contributed by atoms with Gasteiger partial charge in [-0.05, 0) is 80.3 Å². The number of amidine groups is 1. The number of aliphatic imine (C=N–C) groups is 1. The average molecular weight is 942 g/mol. The van der Waals surface area contributed by atoms with Gasteiger partial charge in [0, 0.05) is 22.9 Å². The molecule has 332 valence electrons. The molecule has 1 heterocycles. The van der Waals surface area contributed by atoms with Crippen LogP contribution in [-0.4, -0.2) is 34.9 Å². The molecule has 3 amide bonds. The number of aryl methyl sites for hydroxylation is 2.